The largest absolute Gasteiger partial charge is 0.396 e. The van der Waals surface area contributed by atoms with E-state index in [1.165, 1.54) is 6.07 Å². The van der Waals surface area contributed by atoms with Gasteiger partial charge in [-0.3, -0.25) is 9.69 Å². The van der Waals surface area contributed by atoms with Gasteiger partial charge in [0.25, 0.3) is 0 Å². The highest BCUT2D eigenvalue weighted by Gasteiger charge is 2.23. The SMILES string of the molecule is O=C(CN1CCC(CCO)C1)Nc1ccc(F)c(F)c1. The van der Waals surface area contributed by atoms with Crippen molar-refractivity contribution in [2.24, 2.45) is 5.92 Å². The second-order valence-corrected chi connectivity index (χ2v) is 5.08. The number of aliphatic hydroxyl groups is 1. The molecular weight excluding hydrogens is 266 g/mol. The van der Waals surface area contributed by atoms with Crippen LogP contribution in [0.2, 0.25) is 0 Å². The van der Waals surface area contributed by atoms with Gasteiger partial charge < -0.3 is 10.4 Å². The molecule has 2 N–H and O–H groups in total. The van der Waals surface area contributed by atoms with Crippen LogP contribution in [0, 0.1) is 17.6 Å². The third-order valence-electron chi connectivity index (χ3n) is 3.48. The molecule has 1 aliphatic rings. The monoisotopic (exact) mass is 284 g/mol. The first-order chi connectivity index (χ1) is 9.58. The lowest BCUT2D eigenvalue weighted by Crippen LogP contribution is -2.31. The van der Waals surface area contributed by atoms with E-state index in [9.17, 15) is 13.6 Å². The fourth-order valence-electron chi connectivity index (χ4n) is 2.45. The van der Waals surface area contributed by atoms with Crippen molar-refractivity contribution in [1.29, 1.82) is 0 Å². The summed E-state index contributed by atoms with van der Waals surface area (Å²) in [5.41, 5.74) is 0.250. The van der Waals surface area contributed by atoms with Gasteiger partial charge in [-0.1, -0.05) is 0 Å². The molecule has 0 radical (unpaired) electrons. The highest BCUT2D eigenvalue weighted by Crippen LogP contribution is 2.19. The normalized spacial score (nSPS) is 19.2. The van der Waals surface area contributed by atoms with Gasteiger partial charge in [-0.05, 0) is 37.4 Å². The van der Waals surface area contributed by atoms with Crippen LogP contribution in [0.1, 0.15) is 12.8 Å². The van der Waals surface area contributed by atoms with Crippen LogP contribution in [-0.2, 0) is 4.79 Å². The number of benzene rings is 1. The summed E-state index contributed by atoms with van der Waals surface area (Å²) < 4.78 is 25.8. The van der Waals surface area contributed by atoms with Gasteiger partial charge in [-0.15, -0.1) is 0 Å². The Morgan fingerprint density at radius 1 is 1.40 bits per heavy atom. The van der Waals surface area contributed by atoms with Crippen molar-refractivity contribution >= 4 is 11.6 Å². The van der Waals surface area contributed by atoms with Crippen LogP contribution in [-0.4, -0.2) is 42.2 Å². The zero-order chi connectivity index (χ0) is 14.5. The molecule has 1 aliphatic heterocycles. The molecule has 1 aromatic carbocycles. The standard InChI is InChI=1S/C14H18F2N2O2/c15-12-2-1-11(7-13(12)16)17-14(20)9-18-5-3-10(8-18)4-6-19/h1-2,7,10,19H,3-6,8-9H2,(H,17,20). The van der Waals surface area contributed by atoms with E-state index >= 15 is 0 Å². The minimum absolute atomic E-state index is 0.166. The Morgan fingerprint density at radius 2 is 2.20 bits per heavy atom. The van der Waals surface area contributed by atoms with Crippen molar-refractivity contribution in [2.75, 3.05) is 31.6 Å². The molecule has 1 fully saturated rings. The van der Waals surface area contributed by atoms with Crippen LogP contribution in [0.25, 0.3) is 0 Å². The Labute approximate surface area is 116 Å². The maximum absolute atomic E-state index is 13.0. The first-order valence-corrected chi connectivity index (χ1v) is 6.66. The quantitative estimate of drug-likeness (QED) is 0.863. The van der Waals surface area contributed by atoms with E-state index in [0.717, 1.165) is 38.1 Å². The van der Waals surface area contributed by atoms with Crippen LogP contribution in [0.4, 0.5) is 14.5 Å². The summed E-state index contributed by atoms with van der Waals surface area (Å²) in [7, 11) is 0. The molecule has 20 heavy (non-hydrogen) atoms. The van der Waals surface area contributed by atoms with Crippen LogP contribution in [0.15, 0.2) is 18.2 Å². The average molecular weight is 284 g/mol. The summed E-state index contributed by atoms with van der Waals surface area (Å²) in [6.45, 7) is 1.99. The van der Waals surface area contributed by atoms with Crippen molar-refractivity contribution in [3.05, 3.63) is 29.8 Å². The number of halogens is 2. The zero-order valence-electron chi connectivity index (χ0n) is 11.1. The molecule has 6 heteroatoms. The van der Waals surface area contributed by atoms with Gasteiger partial charge >= 0.3 is 0 Å². The zero-order valence-corrected chi connectivity index (χ0v) is 11.1. The molecule has 0 bridgehead atoms. The van der Waals surface area contributed by atoms with Gasteiger partial charge in [0, 0.05) is 24.9 Å². The molecule has 0 spiro atoms. The van der Waals surface area contributed by atoms with E-state index in [1.54, 1.807) is 0 Å². The number of rotatable bonds is 5. The number of amides is 1. The number of carbonyl (C=O) groups is 1. The third-order valence-corrected chi connectivity index (χ3v) is 3.48. The van der Waals surface area contributed by atoms with Gasteiger partial charge in [0.1, 0.15) is 0 Å². The molecular formula is C14H18F2N2O2. The highest BCUT2D eigenvalue weighted by atomic mass is 19.2. The first kappa shape index (κ1) is 14.9. The lowest BCUT2D eigenvalue weighted by molar-refractivity contribution is -0.117. The van der Waals surface area contributed by atoms with E-state index in [2.05, 4.69) is 5.32 Å². The topological polar surface area (TPSA) is 52.6 Å². The summed E-state index contributed by atoms with van der Waals surface area (Å²) in [5.74, 6) is -1.74. The van der Waals surface area contributed by atoms with E-state index in [0.29, 0.717) is 5.92 Å². The molecule has 0 saturated carbocycles. The molecule has 2 rings (SSSR count). The van der Waals surface area contributed by atoms with Crippen LogP contribution in [0.5, 0.6) is 0 Å². The van der Waals surface area contributed by atoms with Crippen molar-refractivity contribution in [3.63, 3.8) is 0 Å². The molecule has 1 atom stereocenters. The van der Waals surface area contributed by atoms with E-state index in [4.69, 9.17) is 5.11 Å². The van der Waals surface area contributed by atoms with Gasteiger partial charge in [0.2, 0.25) is 5.91 Å². The second-order valence-electron chi connectivity index (χ2n) is 5.08. The molecule has 1 unspecified atom stereocenters. The Hall–Kier alpha value is -1.53. The van der Waals surface area contributed by atoms with Crippen molar-refractivity contribution in [2.45, 2.75) is 12.8 Å². The van der Waals surface area contributed by atoms with Gasteiger partial charge in [0.05, 0.1) is 6.54 Å². The lowest BCUT2D eigenvalue weighted by atomic mass is 10.1. The fourth-order valence-corrected chi connectivity index (χ4v) is 2.45. The number of aliphatic hydroxyl groups excluding tert-OH is 1. The summed E-state index contributed by atoms with van der Waals surface area (Å²) >= 11 is 0. The van der Waals surface area contributed by atoms with E-state index in [1.807, 2.05) is 4.90 Å². The van der Waals surface area contributed by atoms with Gasteiger partial charge in [0.15, 0.2) is 11.6 Å². The van der Waals surface area contributed by atoms with Crippen molar-refractivity contribution in [3.8, 4) is 0 Å². The number of nitrogens with zero attached hydrogens (tertiary/aromatic N) is 1. The van der Waals surface area contributed by atoms with E-state index in [-0.39, 0.29) is 24.7 Å². The molecule has 1 aromatic rings. The number of nitrogens with one attached hydrogen (secondary N) is 1. The molecule has 1 saturated heterocycles. The second kappa shape index (κ2) is 6.76. The van der Waals surface area contributed by atoms with Gasteiger partial charge in [-0.2, -0.15) is 0 Å². The number of carbonyl (C=O) groups excluding carboxylic acids is 1. The molecule has 4 nitrogen and oxygen atoms in total. The third kappa shape index (κ3) is 3.98. The summed E-state index contributed by atoms with van der Waals surface area (Å²) in [5, 5.41) is 11.4. The highest BCUT2D eigenvalue weighted by molar-refractivity contribution is 5.92. The first-order valence-electron chi connectivity index (χ1n) is 6.66. The summed E-state index contributed by atoms with van der Waals surface area (Å²) in [6.07, 6.45) is 1.72. The smallest absolute Gasteiger partial charge is 0.238 e. The molecule has 1 amide bonds. The molecule has 1 heterocycles. The average Bonchev–Trinajstić information content (AvgIpc) is 2.81. The van der Waals surface area contributed by atoms with Crippen molar-refractivity contribution < 1.29 is 18.7 Å². The molecule has 0 aromatic heterocycles. The molecule has 0 aliphatic carbocycles. The van der Waals surface area contributed by atoms with Crippen LogP contribution >= 0.6 is 0 Å². The van der Waals surface area contributed by atoms with E-state index < -0.39 is 11.6 Å². The summed E-state index contributed by atoms with van der Waals surface area (Å²) in [4.78, 5) is 13.8. The lowest BCUT2D eigenvalue weighted by Gasteiger charge is -2.15. The van der Waals surface area contributed by atoms with Gasteiger partial charge in [-0.25, -0.2) is 8.78 Å². The van der Waals surface area contributed by atoms with Crippen molar-refractivity contribution in [1.82, 2.24) is 4.90 Å². The molecule has 110 valence electrons. The Bertz CT molecular complexity index is 482. The fraction of sp³-hybridized carbons (Fsp3) is 0.500. The minimum atomic E-state index is -0.980. The van der Waals surface area contributed by atoms with Crippen LogP contribution < -0.4 is 5.32 Å². The maximum Gasteiger partial charge on any atom is 0.238 e. The summed E-state index contributed by atoms with van der Waals surface area (Å²) in [6, 6.07) is 3.28. The Balaban J connectivity index is 1.82. The maximum atomic E-state index is 13.0. The minimum Gasteiger partial charge on any atom is -0.396 e. The number of hydrogen-bond donors (Lipinski definition) is 2. The predicted molar refractivity (Wildman–Crippen MR) is 71.2 cm³/mol. The Morgan fingerprint density at radius 3 is 2.90 bits per heavy atom. The van der Waals surface area contributed by atoms with Crippen LogP contribution in [0.3, 0.4) is 0 Å². The number of anilines is 1. The Kier molecular flexibility index (Phi) is 5.03. The predicted octanol–water partition coefficient (Wildman–Crippen LogP) is 1.61. The number of hydrogen-bond acceptors (Lipinski definition) is 3. The number of likely N-dealkylation sites (tertiary alicyclic amines) is 1.